The second kappa shape index (κ2) is 6.28. The quantitative estimate of drug-likeness (QED) is 0.735. The highest BCUT2D eigenvalue weighted by Crippen LogP contribution is 2.18. The SMILES string of the molecule is CCCOc1ccc(C(=O)OC(C)C)c(C)c1. The van der Waals surface area contributed by atoms with Crippen LogP contribution in [0.4, 0.5) is 0 Å². The van der Waals surface area contributed by atoms with Gasteiger partial charge in [-0.2, -0.15) is 0 Å². The van der Waals surface area contributed by atoms with Crippen molar-refractivity contribution in [3.8, 4) is 5.75 Å². The van der Waals surface area contributed by atoms with Gasteiger partial charge >= 0.3 is 5.97 Å². The number of rotatable bonds is 5. The lowest BCUT2D eigenvalue weighted by Gasteiger charge is -2.11. The van der Waals surface area contributed by atoms with Crippen molar-refractivity contribution < 1.29 is 14.3 Å². The minimum Gasteiger partial charge on any atom is -0.494 e. The van der Waals surface area contributed by atoms with E-state index in [1.807, 2.05) is 26.8 Å². The summed E-state index contributed by atoms with van der Waals surface area (Å²) in [6.45, 7) is 8.31. The van der Waals surface area contributed by atoms with Gasteiger partial charge in [0, 0.05) is 0 Å². The summed E-state index contributed by atoms with van der Waals surface area (Å²) in [6.07, 6.45) is 0.869. The largest absolute Gasteiger partial charge is 0.494 e. The van der Waals surface area contributed by atoms with Crippen LogP contribution in [-0.4, -0.2) is 18.7 Å². The molecule has 0 radical (unpaired) electrons. The predicted molar refractivity (Wildman–Crippen MR) is 67.5 cm³/mol. The standard InChI is InChI=1S/C14H20O3/c1-5-8-16-12-6-7-13(11(4)9-12)14(15)17-10(2)3/h6-7,9-10H,5,8H2,1-4H3. The summed E-state index contributed by atoms with van der Waals surface area (Å²) >= 11 is 0. The van der Waals surface area contributed by atoms with Gasteiger partial charge in [0.15, 0.2) is 0 Å². The topological polar surface area (TPSA) is 35.5 Å². The molecule has 0 spiro atoms. The van der Waals surface area contributed by atoms with E-state index in [4.69, 9.17) is 9.47 Å². The summed E-state index contributed by atoms with van der Waals surface area (Å²) in [6, 6.07) is 5.43. The zero-order valence-corrected chi connectivity index (χ0v) is 10.9. The lowest BCUT2D eigenvalue weighted by Crippen LogP contribution is -2.12. The molecule has 0 aliphatic rings. The van der Waals surface area contributed by atoms with Crippen LogP contribution >= 0.6 is 0 Å². The van der Waals surface area contributed by atoms with Crippen molar-refractivity contribution in [2.24, 2.45) is 0 Å². The Bertz CT molecular complexity index is 383. The van der Waals surface area contributed by atoms with Crippen LogP contribution < -0.4 is 4.74 Å². The van der Waals surface area contributed by atoms with E-state index < -0.39 is 0 Å². The highest BCUT2D eigenvalue weighted by atomic mass is 16.5. The number of aryl methyl sites for hydroxylation is 1. The van der Waals surface area contributed by atoms with E-state index in [1.54, 1.807) is 12.1 Å². The maximum Gasteiger partial charge on any atom is 0.338 e. The lowest BCUT2D eigenvalue weighted by atomic mass is 10.1. The molecular formula is C14H20O3. The molecule has 0 heterocycles. The van der Waals surface area contributed by atoms with Crippen LogP contribution in [0.1, 0.15) is 43.1 Å². The molecule has 0 aromatic heterocycles. The first-order valence-corrected chi connectivity index (χ1v) is 5.99. The molecule has 0 N–H and O–H groups in total. The highest BCUT2D eigenvalue weighted by Gasteiger charge is 2.12. The van der Waals surface area contributed by atoms with Crippen molar-refractivity contribution in [2.75, 3.05) is 6.61 Å². The summed E-state index contributed by atoms with van der Waals surface area (Å²) in [5.41, 5.74) is 1.48. The summed E-state index contributed by atoms with van der Waals surface area (Å²) in [5.74, 6) is 0.519. The Morgan fingerprint density at radius 2 is 2.06 bits per heavy atom. The van der Waals surface area contributed by atoms with Crippen LogP contribution in [0.25, 0.3) is 0 Å². The molecule has 0 aliphatic carbocycles. The molecule has 17 heavy (non-hydrogen) atoms. The molecule has 1 aromatic carbocycles. The molecule has 0 unspecified atom stereocenters. The molecule has 0 saturated heterocycles. The van der Waals surface area contributed by atoms with Crippen molar-refractivity contribution in [2.45, 2.75) is 40.2 Å². The number of benzene rings is 1. The molecule has 94 valence electrons. The minimum atomic E-state index is -0.278. The van der Waals surface area contributed by atoms with Crippen LogP contribution in [0.2, 0.25) is 0 Å². The van der Waals surface area contributed by atoms with Crippen LogP contribution in [0, 0.1) is 6.92 Å². The lowest BCUT2D eigenvalue weighted by molar-refractivity contribution is 0.0377. The number of hydrogen-bond donors (Lipinski definition) is 0. The fourth-order valence-corrected chi connectivity index (χ4v) is 1.45. The molecule has 0 fully saturated rings. The van der Waals surface area contributed by atoms with Crippen molar-refractivity contribution in [3.05, 3.63) is 29.3 Å². The average molecular weight is 236 g/mol. The van der Waals surface area contributed by atoms with Crippen LogP contribution in [0.5, 0.6) is 5.75 Å². The monoisotopic (exact) mass is 236 g/mol. The number of carbonyl (C=O) groups is 1. The molecule has 1 rings (SSSR count). The first-order chi connectivity index (χ1) is 8.04. The maximum absolute atomic E-state index is 11.7. The molecular weight excluding hydrogens is 216 g/mol. The number of ether oxygens (including phenoxy) is 2. The summed E-state index contributed by atoms with van der Waals surface area (Å²) < 4.78 is 10.7. The number of hydrogen-bond acceptors (Lipinski definition) is 3. The third-order valence-electron chi connectivity index (χ3n) is 2.23. The Morgan fingerprint density at radius 1 is 1.35 bits per heavy atom. The molecule has 0 saturated carbocycles. The second-order valence-corrected chi connectivity index (χ2v) is 4.28. The Kier molecular flexibility index (Phi) is 5.01. The Balaban J connectivity index is 2.78. The van der Waals surface area contributed by atoms with E-state index in [0.717, 1.165) is 17.7 Å². The van der Waals surface area contributed by atoms with E-state index in [9.17, 15) is 4.79 Å². The van der Waals surface area contributed by atoms with Crippen LogP contribution in [-0.2, 0) is 4.74 Å². The fraction of sp³-hybridized carbons (Fsp3) is 0.500. The molecule has 0 atom stereocenters. The zero-order chi connectivity index (χ0) is 12.8. The smallest absolute Gasteiger partial charge is 0.338 e. The Labute approximate surface area is 103 Å². The molecule has 0 amide bonds. The maximum atomic E-state index is 11.7. The Hall–Kier alpha value is -1.51. The summed E-state index contributed by atoms with van der Waals surface area (Å²) in [5, 5.41) is 0. The first-order valence-electron chi connectivity index (χ1n) is 5.99. The summed E-state index contributed by atoms with van der Waals surface area (Å²) in [4.78, 5) is 11.7. The first kappa shape index (κ1) is 13.6. The van der Waals surface area contributed by atoms with Gasteiger partial charge in [0.2, 0.25) is 0 Å². The third-order valence-corrected chi connectivity index (χ3v) is 2.23. The molecule has 0 aliphatic heterocycles. The van der Waals surface area contributed by atoms with Gasteiger partial charge in [-0.15, -0.1) is 0 Å². The van der Waals surface area contributed by atoms with Crippen molar-refractivity contribution in [1.82, 2.24) is 0 Å². The van der Waals surface area contributed by atoms with Gasteiger partial charge in [0.1, 0.15) is 5.75 Å². The van der Waals surface area contributed by atoms with Gasteiger partial charge in [0.25, 0.3) is 0 Å². The van der Waals surface area contributed by atoms with Crippen LogP contribution in [0.3, 0.4) is 0 Å². The van der Waals surface area contributed by atoms with Gasteiger partial charge in [-0.1, -0.05) is 6.92 Å². The Morgan fingerprint density at radius 3 is 2.59 bits per heavy atom. The summed E-state index contributed by atoms with van der Waals surface area (Å²) in [7, 11) is 0. The van der Waals surface area contributed by atoms with Crippen LogP contribution in [0.15, 0.2) is 18.2 Å². The molecule has 3 nitrogen and oxygen atoms in total. The zero-order valence-electron chi connectivity index (χ0n) is 10.9. The van der Waals surface area contributed by atoms with Crippen molar-refractivity contribution in [1.29, 1.82) is 0 Å². The van der Waals surface area contributed by atoms with Gasteiger partial charge in [0.05, 0.1) is 18.3 Å². The fourth-order valence-electron chi connectivity index (χ4n) is 1.45. The number of carbonyl (C=O) groups excluding carboxylic acids is 1. The van der Waals surface area contributed by atoms with Gasteiger partial charge in [-0.3, -0.25) is 0 Å². The molecule has 3 heteroatoms. The van der Waals surface area contributed by atoms with Crippen molar-refractivity contribution in [3.63, 3.8) is 0 Å². The van der Waals surface area contributed by atoms with Gasteiger partial charge < -0.3 is 9.47 Å². The highest BCUT2D eigenvalue weighted by molar-refractivity contribution is 5.91. The molecule has 0 bridgehead atoms. The molecule has 1 aromatic rings. The normalized spacial score (nSPS) is 10.4. The predicted octanol–water partition coefficient (Wildman–Crippen LogP) is 3.35. The second-order valence-electron chi connectivity index (χ2n) is 4.28. The van der Waals surface area contributed by atoms with E-state index >= 15 is 0 Å². The average Bonchev–Trinajstić information content (AvgIpc) is 2.25. The van der Waals surface area contributed by atoms with Crippen molar-refractivity contribution >= 4 is 5.97 Å². The van der Waals surface area contributed by atoms with Gasteiger partial charge in [-0.05, 0) is 51.0 Å². The van der Waals surface area contributed by atoms with E-state index in [2.05, 4.69) is 6.92 Å². The number of esters is 1. The third kappa shape index (κ3) is 4.10. The van der Waals surface area contributed by atoms with E-state index in [-0.39, 0.29) is 12.1 Å². The van der Waals surface area contributed by atoms with E-state index in [0.29, 0.717) is 12.2 Å². The minimum absolute atomic E-state index is 0.0992. The van der Waals surface area contributed by atoms with E-state index in [1.165, 1.54) is 0 Å². The van der Waals surface area contributed by atoms with Gasteiger partial charge in [-0.25, -0.2) is 4.79 Å².